The van der Waals surface area contributed by atoms with Crippen LogP contribution in [0, 0.1) is 20.8 Å². The van der Waals surface area contributed by atoms with E-state index in [1.54, 1.807) is 0 Å². The molecule has 0 unspecified atom stereocenters. The van der Waals surface area contributed by atoms with Crippen LogP contribution in [-0.2, 0) is 16.1 Å². The number of piperazine rings is 1. The van der Waals surface area contributed by atoms with Gasteiger partial charge < -0.3 is 15.1 Å². The molecular weight excluding hydrogens is 514 g/mol. The minimum Gasteiger partial charge on any atom is -0.478 e. The minimum atomic E-state index is -1.26. The highest BCUT2D eigenvalue weighted by molar-refractivity contribution is 5.89. The van der Waals surface area contributed by atoms with E-state index in [1.165, 1.54) is 46.3 Å². The lowest BCUT2D eigenvalue weighted by Crippen LogP contribution is -2.46. The number of rotatable bonds is 10. The second kappa shape index (κ2) is 16.3. The molecule has 1 aliphatic rings. The van der Waals surface area contributed by atoms with Gasteiger partial charge in [0.15, 0.2) is 0 Å². The fourth-order valence-corrected chi connectivity index (χ4v) is 4.70. The van der Waals surface area contributed by atoms with Crippen molar-refractivity contribution in [2.45, 2.75) is 40.2 Å². The maximum absolute atomic E-state index is 9.55. The summed E-state index contributed by atoms with van der Waals surface area (Å²) in [5.41, 5.74) is 9.01. The summed E-state index contributed by atoms with van der Waals surface area (Å²) in [5, 5.41) is 15.6. The fraction of sp³-hybridized carbons (Fsp3) is 0.324. The number of nitrogens with zero attached hydrogens (tertiary/aromatic N) is 3. The first-order valence-corrected chi connectivity index (χ1v) is 14.0. The Morgan fingerprint density at radius 2 is 1.46 bits per heavy atom. The summed E-state index contributed by atoms with van der Waals surface area (Å²) in [5.74, 6) is -2.51. The molecule has 1 aliphatic heterocycles. The van der Waals surface area contributed by atoms with Crippen LogP contribution in [0.25, 0.3) is 17.3 Å². The van der Waals surface area contributed by atoms with Gasteiger partial charge in [-0.1, -0.05) is 42.5 Å². The molecule has 3 aromatic rings. The van der Waals surface area contributed by atoms with Gasteiger partial charge in [0.05, 0.1) is 5.69 Å². The zero-order valence-corrected chi connectivity index (χ0v) is 24.3. The molecule has 0 bridgehead atoms. The molecule has 0 amide bonds. The van der Waals surface area contributed by atoms with Gasteiger partial charge in [0.25, 0.3) is 0 Å². The highest BCUT2D eigenvalue weighted by Crippen LogP contribution is 2.24. The van der Waals surface area contributed by atoms with E-state index >= 15 is 0 Å². The van der Waals surface area contributed by atoms with E-state index in [4.69, 9.17) is 10.2 Å². The molecule has 1 aromatic heterocycles. The van der Waals surface area contributed by atoms with Gasteiger partial charge in [-0.3, -0.25) is 9.88 Å². The van der Waals surface area contributed by atoms with Gasteiger partial charge in [-0.15, -0.1) is 0 Å². The number of unbranched alkanes of at least 4 members (excludes halogenated alkanes) is 1. The molecule has 216 valence electrons. The lowest BCUT2D eigenvalue weighted by molar-refractivity contribution is -0.134. The van der Waals surface area contributed by atoms with E-state index in [2.05, 4.69) is 102 Å². The molecule has 0 saturated carbocycles. The molecule has 2 N–H and O–H groups in total. The molecule has 0 atom stereocenters. The van der Waals surface area contributed by atoms with Crippen molar-refractivity contribution in [2.75, 3.05) is 32.7 Å². The van der Waals surface area contributed by atoms with E-state index in [1.807, 2.05) is 6.20 Å². The summed E-state index contributed by atoms with van der Waals surface area (Å²) in [4.78, 5) is 29.0. The van der Waals surface area contributed by atoms with Crippen LogP contribution in [0.15, 0.2) is 79.0 Å². The summed E-state index contributed by atoms with van der Waals surface area (Å²) in [7, 11) is 0. The standard InChI is InChI=1S/C30H37N3.C4H4O4/c1-24-20-29(21-25(2)26(24)3)30-22-28(13-14-31-30)23-33-18-16-32(17-19-33)15-9-5-8-12-27-10-6-4-7-11-27;5-3(6)1-2-4(7)8/h4,6-8,10-14,20-22H,5,9,15-19,23H2,1-3H3;1-2H,(H,5,6)(H,7,8)/b12-8+;2-1+. The van der Waals surface area contributed by atoms with Crippen LogP contribution in [0.3, 0.4) is 0 Å². The smallest absolute Gasteiger partial charge is 0.328 e. The summed E-state index contributed by atoms with van der Waals surface area (Å²) in [6.07, 6.45) is 10.0. The predicted octanol–water partition coefficient (Wildman–Crippen LogP) is 6.00. The molecule has 0 spiro atoms. The second-order valence-corrected chi connectivity index (χ2v) is 10.4. The summed E-state index contributed by atoms with van der Waals surface area (Å²) in [6.45, 7) is 13.4. The Morgan fingerprint density at radius 3 is 2.07 bits per heavy atom. The Bertz CT molecular complexity index is 1300. The SMILES string of the molecule is Cc1cc(-c2cc(CN3CCN(CCC/C=C/c4ccccc4)CC3)ccn2)cc(C)c1C.O=C(O)/C=C/C(=O)O. The monoisotopic (exact) mass is 555 g/mol. The number of carbonyl (C=O) groups is 2. The third kappa shape index (κ3) is 11.1. The van der Waals surface area contributed by atoms with E-state index in [0.29, 0.717) is 12.2 Å². The molecule has 0 aliphatic carbocycles. The second-order valence-electron chi connectivity index (χ2n) is 10.4. The maximum Gasteiger partial charge on any atom is 0.328 e. The number of carboxylic acids is 2. The third-order valence-electron chi connectivity index (χ3n) is 7.24. The van der Waals surface area contributed by atoms with Crippen molar-refractivity contribution in [1.29, 1.82) is 0 Å². The van der Waals surface area contributed by atoms with E-state index in [9.17, 15) is 9.59 Å². The predicted molar refractivity (Wildman–Crippen MR) is 165 cm³/mol. The van der Waals surface area contributed by atoms with Crippen molar-refractivity contribution < 1.29 is 19.8 Å². The van der Waals surface area contributed by atoms with Gasteiger partial charge >= 0.3 is 11.9 Å². The number of hydrogen-bond acceptors (Lipinski definition) is 5. The van der Waals surface area contributed by atoms with Crippen molar-refractivity contribution in [1.82, 2.24) is 14.8 Å². The zero-order valence-electron chi connectivity index (χ0n) is 24.3. The van der Waals surface area contributed by atoms with Crippen LogP contribution >= 0.6 is 0 Å². The topological polar surface area (TPSA) is 94.0 Å². The average molecular weight is 556 g/mol. The molecular formula is C34H41N3O4. The number of pyridine rings is 1. The summed E-state index contributed by atoms with van der Waals surface area (Å²) in [6, 6.07) is 19.5. The Balaban J connectivity index is 0.000000507. The number of carboxylic acid groups (broad SMARTS) is 2. The Labute approximate surface area is 243 Å². The molecule has 1 saturated heterocycles. The quantitative estimate of drug-likeness (QED) is 0.234. The fourth-order valence-electron chi connectivity index (χ4n) is 4.70. The third-order valence-corrected chi connectivity index (χ3v) is 7.24. The van der Waals surface area contributed by atoms with Gasteiger partial charge in [-0.25, -0.2) is 9.59 Å². The zero-order chi connectivity index (χ0) is 29.6. The minimum absolute atomic E-state index is 0.558. The first kappa shape index (κ1) is 31.5. The highest BCUT2D eigenvalue weighted by Gasteiger charge is 2.17. The molecule has 1 fully saturated rings. The van der Waals surface area contributed by atoms with Gasteiger partial charge in [-0.2, -0.15) is 0 Å². The first-order valence-electron chi connectivity index (χ1n) is 14.0. The summed E-state index contributed by atoms with van der Waals surface area (Å²) < 4.78 is 0. The first-order chi connectivity index (χ1) is 19.7. The van der Waals surface area contributed by atoms with Crippen LogP contribution in [0.1, 0.15) is 40.7 Å². The van der Waals surface area contributed by atoms with Crippen LogP contribution in [0.2, 0.25) is 0 Å². The maximum atomic E-state index is 9.55. The number of benzene rings is 2. The Hall–Kier alpha value is -4.07. The Kier molecular flexibility index (Phi) is 12.5. The molecule has 41 heavy (non-hydrogen) atoms. The number of allylic oxidation sites excluding steroid dienone is 1. The molecule has 2 aromatic carbocycles. The molecule has 4 rings (SSSR count). The van der Waals surface area contributed by atoms with E-state index in [0.717, 1.165) is 44.8 Å². The lowest BCUT2D eigenvalue weighted by Gasteiger charge is -2.34. The molecule has 7 heteroatoms. The number of aliphatic carboxylic acids is 2. The number of hydrogen-bond donors (Lipinski definition) is 2. The van der Waals surface area contributed by atoms with E-state index < -0.39 is 11.9 Å². The highest BCUT2D eigenvalue weighted by atomic mass is 16.4. The molecule has 2 heterocycles. The van der Waals surface area contributed by atoms with Crippen LogP contribution in [0.5, 0.6) is 0 Å². The van der Waals surface area contributed by atoms with Crippen LogP contribution < -0.4 is 0 Å². The molecule has 0 radical (unpaired) electrons. The van der Waals surface area contributed by atoms with Crippen LogP contribution in [0.4, 0.5) is 0 Å². The van der Waals surface area contributed by atoms with Gasteiger partial charge in [0.2, 0.25) is 0 Å². The van der Waals surface area contributed by atoms with Crippen molar-refractivity contribution in [2.24, 2.45) is 0 Å². The Morgan fingerprint density at radius 1 is 0.854 bits per heavy atom. The largest absolute Gasteiger partial charge is 0.478 e. The van der Waals surface area contributed by atoms with Gasteiger partial charge in [-0.05, 0) is 92.2 Å². The number of aromatic nitrogens is 1. The summed E-state index contributed by atoms with van der Waals surface area (Å²) >= 11 is 0. The van der Waals surface area contributed by atoms with Crippen LogP contribution in [-0.4, -0.2) is 69.7 Å². The van der Waals surface area contributed by atoms with Gasteiger partial charge in [0.1, 0.15) is 0 Å². The average Bonchev–Trinajstić information content (AvgIpc) is 2.96. The number of aryl methyl sites for hydroxylation is 2. The normalized spacial score (nSPS) is 14.2. The lowest BCUT2D eigenvalue weighted by atomic mass is 9.98. The van der Waals surface area contributed by atoms with Crippen molar-refractivity contribution in [3.8, 4) is 11.3 Å². The van der Waals surface area contributed by atoms with Crippen molar-refractivity contribution in [3.63, 3.8) is 0 Å². The molecule has 7 nitrogen and oxygen atoms in total. The van der Waals surface area contributed by atoms with E-state index in [-0.39, 0.29) is 0 Å². The van der Waals surface area contributed by atoms with Crippen molar-refractivity contribution >= 4 is 18.0 Å². The van der Waals surface area contributed by atoms with Gasteiger partial charge in [0, 0.05) is 56.6 Å². The van der Waals surface area contributed by atoms with Crippen molar-refractivity contribution in [3.05, 3.63) is 107 Å².